The molecular weight excluding hydrogens is 314 g/mol. The van der Waals surface area contributed by atoms with Gasteiger partial charge in [-0.1, -0.05) is 6.42 Å². The lowest BCUT2D eigenvalue weighted by atomic mass is 9.72. The minimum absolute atomic E-state index is 0.235. The van der Waals surface area contributed by atoms with Gasteiger partial charge < -0.3 is 9.80 Å². The van der Waals surface area contributed by atoms with Gasteiger partial charge in [0.1, 0.15) is 0 Å². The Labute approximate surface area is 151 Å². The van der Waals surface area contributed by atoms with Crippen molar-refractivity contribution in [3.63, 3.8) is 0 Å². The molecule has 2 atom stereocenters. The first-order chi connectivity index (χ1) is 12.1. The Morgan fingerprint density at radius 3 is 2.52 bits per heavy atom. The number of rotatable bonds is 1. The number of nitrogens with zero attached hydrogens (tertiary/aromatic N) is 3. The molecule has 1 spiro atoms. The lowest BCUT2D eigenvalue weighted by Crippen LogP contribution is -2.56. The normalized spacial score (nSPS) is 33.4. The maximum absolute atomic E-state index is 13.2. The summed E-state index contributed by atoms with van der Waals surface area (Å²) in [4.78, 5) is 31.7. The average molecular weight is 348 g/mol. The van der Waals surface area contributed by atoms with Crippen LogP contribution in [0.1, 0.15) is 57.8 Å². The number of piperidine rings is 4. The maximum Gasteiger partial charge on any atom is 0.227 e. The highest BCUT2D eigenvalue weighted by atomic mass is 16.2. The second-order valence-corrected chi connectivity index (χ2v) is 8.92. The highest BCUT2D eigenvalue weighted by Crippen LogP contribution is 2.41. The summed E-state index contributed by atoms with van der Waals surface area (Å²) in [5, 5.41) is 0. The number of carbonyl (C=O) groups is 2. The molecule has 0 aromatic carbocycles. The summed E-state index contributed by atoms with van der Waals surface area (Å²) in [5.74, 6) is 0.939. The summed E-state index contributed by atoms with van der Waals surface area (Å²) in [6.45, 7) is 5.05. The van der Waals surface area contributed by atoms with Gasteiger partial charge in [-0.15, -0.1) is 0 Å². The van der Waals surface area contributed by atoms with Crippen LogP contribution >= 0.6 is 0 Å². The Morgan fingerprint density at radius 2 is 1.76 bits per heavy atom. The van der Waals surface area contributed by atoms with Gasteiger partial charge in [-0.05, 0) is 63.5 Å². The Kier molecular flexibility index (Phi) is 4.78. The minimum atomic E-state index is 0.235. The van der Waals surface area contributed by atoms with Gasteiger partial charge in [0.25, 0.3) is 0 Å². The molecule has 4 fully saturated rings. The first kappa shape index (κ1) is 17.3. The number of hydrogen-bond donors (Lipinski definition) is 0. The Hall–Kier alpha value is -1.10. The predicted molar refractivity (Wildman–Crippen MR) is 97.1 cm³/mol. The fourth-order valence-electron chi connectivity index (χ4n) is 5.82. The molecule has 0 saturated carbocycles. The van der Waals surface area contributed by atoms with Crippen molar-refractivity contribution in [2.24, 2.45) is 11.3 Å². The van der Waals surface area contributed by atoms with E-state index in [-0.39, 0.29) is 17.2 Å². The lowest BCUT2D eigenvalue weighted by Gasteiger charge is -2.49. The van der Waals surface area contributed by atoms with Crippen LogP contribution in [0.5, 0.6) is 0 Å². The molecule has 0 aromatic heterocycles. The summed E-state index contributed by atoms with van der Waals surface area (Å²) in [6.07, 6.45) is 9.89. The average Bonchev–Trinajstić information content (AvgIpc) is 2.65. The number of hydrogen-bond acceptors (Lipinski definition) is 3. The summed E-state index contributed by atoms with van der Waals surface area (Å²) in [6, 6.07) is 0.504. The SMILES string of the molecule is CN1CC2(CCC1=O)CCN(C(=O)[C@@H]1CCCN3CCCC[C@H]13)CC2. The van der Waals surface area contributed by atoms with E-state index in [9.17, 15) is 9.59 Å². The Morgan fingerprint density at radius 1 is 1.00 bits per heavy atom. The van der Waals surface area contributed by atoms with Gasteiger partial charge in [0.2, 0.25) is 11.8 Å². The van der Waals surface area contributed by atoms with Crippen LogP contribution < -0.4 is 0 Å². The molecule has 0 bridgehead atoms. The van der Waals surface area contributed by atoms with E-state index in [1.807, 2.05) is 11.9 Å². The summed E-state index contributed by atoms with van der Waals surface area (Å²) >= 11 is 0. The molecule has 4 rings (SSSR count). The molecule has 0 aliphatic carbocycles. The number of amides is 2. The molecule has 0 unspecified atom stereocenters. The molecule has 4 aliphatic heterocycles. The van der Waals surface area contributed by atoms with Crippen LogP contribution in [0.15, 0.2) is 0 Å². The van der Waals surface area contributed by atoms with Crippen LogP contribution in [-0.4, -0.2) is 72.3 Å². The monoisotopic (exact) mass is 347 g/mol. The molecule has 4 aliphatic rings. The molecular formula is C20H33N3O2. The van der Waals surface area contributed by atoms with Crippen molar-refractivity contribution in [2.45, 2.75) is 63.8 Å². The van der Waals surface area contributed by atoms with Gasteiger partial charge >= 0.3 is 0 Å². The zero-order valence-electron chi connectivity index (χ0n) is 15.7. The van der Waals surface area contributed by atoms with Crippen molar-refractivity contribution in [3.05, 3.63) is 0 Å². The first-order valence-electron chi connectivity index (χ1n) is 10.3. The van der Waals surface area contributed by atoms with Crippen LogP contribution in [0.2, 0.25) is 0 Å². The summed E-state index contributed by atoms with van der Waals surface area (Å²) < 4.78 is 0. The van der Waals surface area contributed by atoms with Crippen molar-refractivity contribution in [2.75, 3.05) is 39.8 Å². The molecule has 140 valence electrons. The van der Waals surface area contributed by atoms with Gasteiger partial charge in [0, 0.05) is 39.1 Å². The molecule has 5 heteroatoms. The summed E-state index contributed by atoms with van der Waals surface area (Å²) in [7, 11) is 1.93. The van der Waals surface area contributed by atoms with Crippen molar-refractivity contribution in [1.29, 1.82) is 0 Å². The van der Waals surface area contributed by atoms with Gasteiger partial charge in [0.05, 0.1) is 5.92 Å². The van der Waals surface area contributed by atoms with Crippen molar-refractivity contribution < 1.29 is 9.59 Å². The van der Waals surface area contributed by atoms with Gasteiger partial charge in [0.15, 0.2) is 0 Å². The van der Waals surface area contributed by atoms with Crippen LogP contribution in [0.4, 0.5) is 0 Å². The highest BCUT2D eigenvalue weighted by Gasteiger charge is 2.43. The first-order valence-corrected chi connectivity index (χ1v) is 10.3. The summed E-state index contributed by atoms with van der Waals surface area (Å²) in [5.41, 5.74) is 0.267. The number of likely N-dealkylation sites (tertiary alicyclic amines) is 2. The topological polar surface area (TPSA) is 43.9 Å². The van der Waals surface area contributed by atoms with Crippen molar-refractivity contribution >= 4 is 11.8 Å². The predicted octanol–water partition coefficient (Wildman–Crippen LogP) is 2.11. The van der Waals surface area contributed by atoms with Crippen LogP contribution in [0, 0.1) is 11.3 Å². The van der Waals surface area contributed by atoms with E-state index < -0.39 is 0 Å². The van der Waals surface area contributed by atoms with Crippen LogP contribution in [0.25, 0.3) is 0 Å². The van der Waals surface area contributed by atoms with E-state index in [0.717, 1.165) is 45.3 Å². The second kappa shape index (κ2) is 6.90. The zero-order valence-corrected chi connectivity index (χ0v) is 15.7. The van der Waals surface area contributed by atoms with E-state index in [0.29, 0.717) is 18.4 Å². The third-order valence-corrected chi connectivity index (χ3v) is 7.41. The molecule has 4 saturated heterocycles. The van der Waals surface area contributed by atoms with E-state index >= 15 is 0 Å². The fourth-order valence-corrected chi connectivity index (χ4v) is 5.82. The Bertz CT molecular complexity index is 525. The highest BCUT2D eigenvalue weighted by molar-refractivity contribution is 5.80. The van der Waals surface area contributed by atoms with Gasteiger partial charge in [-0.2, -0.15) is 0 Å². The molecule has 2 amide bonds. The van der Waals surface area contributed by atoms with Crippen molar-refractivity contribution in [1.82, 2.24) is 14.7 Å². The third-order valence-electron chi connectivity index (χ3n) is 7.41. The van der Waals surface area contributed by atoms with E-state index in [2.05, 4.69) is 9.80 Å². The molecule has 25 heavy (non-hydrogen) atoms. The van der Waals surface area contributed by atoms with Crippen molar-refractivity contribution in [3.8, 4) is 0 Å². The van der Waals surface area contributed by atoms with Crippen LogP contribution in [-0.2, 0) is 9.59 Å². The van der Waals surface area contributed by atoms with Gasteiger partial charge in [-0.25, -0.2) is 0 Å². The maximum atomic E-state index is 13.2. The minimum Gasteiger partial charge on any atom is -0.345 e. The molecule has 4 heterocycles. The largest absolute Gasteiger partial charge is 0.345 e. The quantitative estimate of drug-likeness (QED) is 0.730. The molecule has 0 radical (unpaired) electrons. The zero-order chi connectivity index (χ0) is 17.4. The van der Waals surface area contributed by atoms with E-state index in [4.69, 9.17) is 0 Å². The smallest absolute Gasteiger partial charge is 0.227 e. The molecule has 5 nitrogen and oxygen atoms in total. The Balaban J connectivity index is 1.37. The second-order valence-electron chi connectivity index (χ2n) is 8.92. The van der Waals surface area contributed by atoms with E-state index in [1.165, 1.54) is 38.8 Å². The van der Waals surface area contributed by atoms with Crippen LogP contribution in [0.3, 0.4) is 0 Å². The number of fused-ring (bicyclic) bond motifs is 1. The fraction of sp³-hybridized carbons (Fsp3) is 0.900. The number of carbonyl (C=O) groups excluding carboxylic acids is 2. The van der Waals surface area contributed by atoms with Gasteiger partial charge in [-0.3, -0.25) is 14.5 Å². The van der Waals surface area contributed by atoms with E-state index in [1.54, 1.807) is 0 Å². The molecule has 0 aromatic rings. The molecule has 0 N–H and O–H groups in total. The standard InChI is InChI=1S/C20H33N3O2/c1-21-15-20(8-7-18(21)24)9-13-23(14-10-20)19(25)16-5-4-12-22-11-3-2-6-17(16)22/h16-17H,2-15H2,1H3/t16-,17-/m1/s1. The third kappa shape index (κ3) is 3.32. The lowest BCUT2D eigenvalue weighted by molar-refractivity contribution is -0.146.